The quantitative estimate of drug-likeness (QED) is 0.686. The van der Waals surface area contributed by atoms with Crippen LogP contribution in [0.3, 0.4) is 0 Å². The first-order chi connectivity index (χ1) is 10.6. The van der Waals surface area contributed by atoms with Crippen molar-refractivity contribution in [2.45, 2.75) is 33.4 Å². The number of rotatable bonds is 4. The summed E-state index contributed by atoms with van der Waals surface area (Å²) in [5.41, 5.74) is 2.47. The van der Waals surface area contributed by atoms with Gasteiger partial charge in [0.05, 0.1) is 6.61 Å². The van der Waals surface area contributed by atoms with Gasteiger partial charge in [-0.15, -0.1) is 0 Å². The van der Waals surface area contributed by atoms with E-state index in [0.717, 1.165) is 37.4 Å². The zero-order chi connectivity index (χ0) is 15.9. The standard InChI is InChI=1S/C18H29N3O/c1-14-9-15(2)12-21(11-14)18(19-3)20-10-16-5-7-17(8-6-16)13-22-4/h5-8,14-15H,9-13H2,1-4H3,(H,19,20). The molecule has 2 atom stereocenters. The number of piperidine rings is 1. The Hall–Kier alpha value is -1.55. The first-order valence-corrected chi connectivity index (χ1v) is 8.14. The smallest absolute Gasteiger partial charge is 0.193 e. The highest BCUT2D eigenvalue weighted by molar-refractivity contribution is 5.80. The number of benzene rings is 1. The van der Waals surface area contributed by atoms with E-state index < -0.39 is 0 Å². The molecule has 1 aromatic carbocycles. The average molecular weight is 303 g/mol. The molecule has 1 aromatic rings. The third kappa shape index (κ3) is 4.73. The second-order valence-corrected chi connectivity index (χ2v) is 6.50. The molecule has 4 nitrogen and oxygen atoms in total. The van der Waals surface area contributed by atoms with Crippen LogP contribution in [0.4, 0.5) is 0 Å². The highest BCUT2D eigenvalue weighted by atomic mass is 16.5. The number of nitrogens with zero attached hydrogens (tertiary/aromatic N) is 2. The number of guanidine groups is 1. The molecule has 1 aliphatic rings. The minimum atomic E-state index is 0.666. The normalized spacial score (nSPS) is 22.7. The Morgan fingerprint density at radius 1 is 1.18 bits per heavy atom. The first kappa shape index (κ1) is 16.8. The maximum atomic E-state index is 5.14. The third-order valence-electron chi connectivity index (χ3n) is 4.16. The molecule has 4 heteroatoms. The largest absolute Gasteiger partial charge is 0.380 e. The van der Waals surface area contributed by atoms with Gasteiger partial charge < -0.3 is 15.0 Å². The summed E-state index contributed by atoms with van der Waals surface area (Å²) < 4.78 is 5.14. The van der Waals surface area contributed by atoms with Gasteiger partial charge in [-0.05, 0) is 29.4 Å². The molecule has 0 bridgehead atoms. The number of likely N-dealkylation sites (tertiary alicyclic amines) is 1. The van der Waals surface area contributed by atoms with Crippen molar-refractivity contribution in [1.29, 1.82) is 0 Å². The topological polar surface area (TPSA) is 36.9 Å². The van der Waals surface area contributed by atoms with Crippen LogP contribution in [0, 0.1) is 11.8 Å². The van der Waals surface area contributed by atoms with Crippen LogP contribution in [0.1, 0.15) is 31.4 Å². The number of nitrogens with one attached hydrogen (secondary N) is 1. The molecule has 2 rings (SSSR count). The lowest BCUT2D eigenvalue weighted by Crippen LogP contribution is -2.48. The van der Waals surface area contributed by atoms with E-state index in [1.165, 1.54) is 17.5 Å². The van der Waals surface area contributed by atoms with Gasteiger partial charge in [-0.1, -0.05) is 38.1 Å². The van der Waals surface area contributed by atoms with Crippen molar-refractivity contribution in [2.24, 2.45) is 16.8 Å². The van der Waals surface area contributed by atoms with Crippen molar-refractivity contribution in [3.8, 4) is 0 Å². The van der Waals surface area contributed by atoms with Gasteiger partial charge in [-0.2, -0.15) is 0 Å². The second-order valence-electron chi connectivity index (χ2n) is 6.50. The third-order valence-corrected chi connectivity index (χ3v) is 4.16. The molecule has 0 amide bonds. The molecule has 1 fully saturated rings. The summed E-state index contributed by atoms with van der Waals surface area (Å²) in [6.07, 6.45) is 1.31. The lowest BCUT2D eigenvalue weighted by atomic mass is 9.92. The average Bonchev–Trinajstić information content (AvgIpc) is 2.49. The van der Waals surface area contributed by atoms with Crippen LogP contribution in [-0.2, 0) is 17.9 Å². The number of aliphatic imine (C=N–C) groups is 1. The van der Waals surface area contributed by atoms with Gasteiger partial charge in [-0.3, -0.25) is 4.99 Å². The summed E-state index contributed by atoms with van der Waals surface area (Å²) in [5.74, 6) is 2.48. The molecule has 1 heterocycles. The molecular formula is C18H29N3O. The Kier molecular flexibility index (Phi) is 6.25. The lowest BCUT2D eigenvalue weighted by Gasteiger charge is -2.37. The van der Waals surface area contributed by atoms with Gasteiger partial charge in [0.2, 0.25) is 0 Å². The van der Waals surface area contributed by atoms with Crippen LogP contribution >= 0.6 is 0 Å². The minimum absolute atomic E-state index is 0.666. The van der Waals surface area contributed by atoms with E-state index in [9.17, 15) is 0 Å². The van der Waals surface area contributed by atoms with Crippen LogP contribution in [0.5, 0.6) is 0 Å². The predicted molar refractivity (Wildman–Crippen MR) is 91.9 cm³/mol. The highest BCUT2D eigenvalue weighted by Crippen LogP contribution is 2.20. The number of hydrogen-bond acceptors (Lipinski definition) is 2. The summed E-state index contributed by atoms with van der Waals surface area (Å²) >= 11 is 0. The van der Waals surface area contributed by atoms with Crippen molar-refractivity contribution in [3.63, 3.8) is 0 Å². The zero-order valence-electron chi connectivity index (χ0n) is 14.3. The fourth-order valence-corrected chi connectivity index (χ4v) is 3.27. The van der Waals surface area contributed by atoms with Gasteiger partial charge in [0.15, 0.2) is 5.96 Å². The summed E-state index contributed by atoms with van der Waals surface area (Å²) in [6, 6.07) is 8.54. The van der Waals surface area contributed by atoms with Gasteiger partial charge in [0.1, 0.15) is 0 Å². The highest BCUT2D eigenvalue weighted by Gasteiger charge is 2.23. The molecule has 1 saturated heterocycles. The Morgan fingerprint density at radius 2 is 1.77 bits per heavy atom. The molecule has 0 aliphatic carbocycles. The van der Waals surface area contributed by atoms with Crippen molar-refractivity contribution >= 4 is 5.96 Å². The van der Waals surface area contributed by atoms with Gasteiger partial charge in [0.25, 0.3) is 0 Å². The number of ether oxygens (including phenoxy) is 1. The van der Waals surface area contributed by atoms with E-state index in [1.54, 1.807) is 7.11 Å². The van der Waals surface area contributed by atoms with Crippen molar-refractivity contribution in [2.75, 3.05) is 27.2 Å². The SMILES string of the molecule is CN=C(NCc1ccc(COC)cc1)N1CC(C)CC(C)C1. The zero-order valence-corrected chi connectivity index (χ0v) is 14.3. The summed E-state index contributed by atoms with van der Waals surface area (Å²) in [6.45, 7) is 8.31. The molecule has 1 N–H and O–H groups in total. The van der Waals surface area contributed by atoms with Crippen LogP contribution in [0.25, 0.3) is 0 Å². The molecule has 0 radical (unpaired) electrons. The second kappa shape index (κ2) is 8.18. The first-order valence-electron chi connectivity index (χ1n) is 8.14. The van der Waals surface area contributed by atoms with Crippen molar-refractivity contribution < 1.29 is 4.74 Å². The Morgan fingerprint density at radius 3 is 2.32 bits per heavy atom. The summed E-state index contributed by atoms with van der Waals surface area (Å²) in [5, 5.41) is 3.49. The maximum absolute atomic E-state index is 5.14. The Labute approximate surface area is 134 Å². The van der Waals surface area contributed by atoms with E-state index in [1.807, 2.05) is 7.05 Å². The molecule has 0 saturated carbocycles. The molecule has 2 unspecified atom stereocenters. The maximum Gasteiger partial charge on any atom is 0.193 e. The fourth-order valence-electron chi connectivity index (χ4n) is 3.27. The number of methoxy groups -OCH3 is 1. The lowest BCUT2D eigenvalue weighted by molar-refractivity contribution is 0.185. The van der Waals surface area contributed by atoms with Crippen LogP contribution in [0.2, 0.25) is 0 Å². The van der Waals surface area contributed by atoms with Crippen LogP contribution < -0.4 is 5.32 Å². The van der Waals surface area contributed by atoms with Crippen LogP contribution in [-0.4, -0.2) is 38.1 Å². The van der Waals surface area contributed by atoms with Gasteiger partial charge >= 0.3 is 0 Å². The fraction of sp³-hybridized carbons (Fsp3) is 0.611. The van der Waals surface area contributed by atoms with Gasteiger partial charge in [-0.25, -0.2) is 0 Å². The monoisotopic (exact) mass is 303 g/mol. The summed E-state index contributed by atoms with van der Waals surface area (Å²) in [4.78, 5) is 6.84. The Bertz CT molecular complexity index is 474. The number of hydrogen-bond donors (Lipinski definition) is 1. The van der Waals surface area contributed by atoms with Crippen molar-refractivity contribution in [3.05, 3.63) is 35.4 Å². The summed E-state index contributed by atoms with van der Waals surface area (Å²) in [7, 11) is 3.59. The van der Waals surface area contributed by atoms with Crippen molar-refractivity contribution in [1.82, 2.24) is 10.2 Å². The predicted octanol–water partition coefficient (Wildman–Crippen LogP) is 2.89. The molecule has 22 heavy (non-hydrogen) atoms. The van der Waals surface area contributed by atoms with E-state index >= 15 is 0 Å². The van der Waals surface area contributed by atoms with Crippen LogP contribution in [0.15, 0.2) is 29.3 Å². The molecule has 0 spiro atoms. The van der Waals surface area contributed by atoms with E-state index in [2.05, 4.69) is 53.3 Å². The molecule has 122 valence electrons. The molecule has 1 aliphatic heterocycles. The van der Waals surface area contributed by atoms with E-state index in [4.69, 9.17) is 4.74 Å². The molecular weight excluding hydrogens is 274 g/mol. The molecule has 0 aromatic heterocycles. The van der Waals surface area contributed by atoms with E-state index in [-0.39, 0.29) is 0 Å². The Balaban J connectivity index is 1.90. The van der Waals surface area contributed by atoms with Gasteiger partial charge in [0, 0.05) is 33.8 Å². The minimum Gasteiger partial charge on any atom is -0.380 e. The van der Waals surface area contributed by atoms with E-state index in [0.29, 0.717) is 6.61 Å².